The highest BCUT2D eigenvalue weighted by Gasteiger charge is 2.28. The molecule has 0 saturated carbocycles. The first-order chi connectivity index (χ1) is 5.11. The van der Waals surface area contributed by atoms with Crippen LogP contribution in [0.15, 0.2) is 5.16 Å². The van der Waals surface area contributed by atoms with E-state index in [2.05, 4.69) is 9.99 Å². The van der Waals surface area contributed by atoms with E-state index in [1.54, 1.807) is 6.92 Å². The fourth-order valence-corrected chi connectivity index (χ4v) is 0.942. The first-order valence-corrected chi connectivity index (χ1v) is 3.64. The Morgan fingerprint density at radius 3 is 2.82 bits per heavy atom. The van der Waals surface area contributed by atoms with Gasteiger partial charge in [0.05, 0.1) is 11.6 Å². The average Bonchev–Trinajstić information content (AvgIpc) is 2.18. The minimum Gasteiger partial charge on any atom is -0.328 e. The SMILES string of the molecule is CC(N)CC1=NOC(=O)C1C. The quantitative estimate of drug-likeness (QED) is 0.584. The van der Waals surface area contributed by atoms with Crippen LogP contribution in [0.3, 0.4) is 0 Å². The maximum absolute atomic E-state index is 10.8. The summed E-state index contributed by atoms with van der Waals surface area (Å²) in [5.41, 5.74) is 6.29. The maximum Gasteiger partial charge on any atom is 0.343 e. The highest BCUT2D eigenvalue weighted by atomic mass is 16.7. The van der Waals surface area contributed by atoms with Crippen LogP contribution in [0.4, 0.5) is 0 Å². The van der Waals surface area contributed by atoms with Crippen LogP contribution >= 0.6 is 0 Å². The van der Waals surface area contributed by atoms with Crippen molar-refractivity contribution >= 4 is 11.7 Å². The second kappa shape index (κ2) is 3.00. The van der Waals surface area contributed by atoms with Gasteiger partial charge in [0.1, 0.15) is 0 Å². The minimum absolute atomic E-state index is 0.0331. The van der Waals surface area contributed by atoms with Gasteiger partial charge in [-0.25, -0.2) is 4.79 Å². The molecule has 4 nitrogen and oxygen atoms in total. The van der Waals surface area contributed by atoms with E-state index in [-0.39, 0.29) is 17.9 Å². The number of nitrogens with two attached hydrogens (primary N) is 1. The first kappa shape index (κ1) is 8.20. The Balaban J connectivity index is 2.54. The van der Waals surface area contributed by atoms with Crippen molar-refractivity contribution in [3.8, 4) is 0 Å². The van der Waals surface area contributed by atoms with E-state index in [1.165, 1.54) is 0 Å². The van der Waals surface area contributed by atoms with Crippen LogP contribution in [0, 0.1) is 5.92 Å². The third-order valence-corrected chi connectivity index (χ3v) is 1.64. The summed E-state index contributed by atoms with van der Waals surface area (Å²) in [6.07, 6.45) is 0.632. The van der Waals surface area contributed by atoms with Crippen LogP contribution < -0.4 is 5.73 Å². The van der Waals surface area contributed by atoms with Gasteiger partial charge >= 0.3 is 5.97 Å². The fraction of sp³-hybridized carbons (Fsp3) is 0.714. The number of nitrogens with zero attached hydrogens (tertiary/aromatic N) is 1. The summed E-state index contributed by atoms with van der Waals surface area (Å²) in [6, 6.07) is 0.0331. The molecule has 2 N–H and O–H groups in total. The molecule has 0 aliphatic carbocycles. The Bertz CT molecular complexity index is 199. The monoisotopic (exact) mass is 156 g/mol. The zero-order chi connectivity index (χ0) is 8.43. The Morgan fingerprint density at radius 1 is 1.82 bits per heavy atom. The molecular formula is C7H12N2O2. The summed E-state index contributed by atoms with van der Waals surface area (Å²) >= 11 is 0. The third kappa shape index (κ3) is 1.77. The van der Waals surface area contributed by atoms with Crippen LogP contribution in [0.1, 0.15) is 20.3 Å². The summed E-state index contributed by atoms with van der Waals surface area (Å²) in [4.78, 5) is 15.3. The van der Waals surface area contributed by atoms with Gasteiger partial charge in [-0.05, 0) is 13.8 Å². The number of oxime groups is 1. The predicted octanol–water partition coefficient (Wildman–Crippen LogP) is 0.273. The van der Waals surface area contributed by atoms with Crippen molar-refractivity contribution in [1.29, 1.82) is 0 Å². The van der Waals surface area contributed by atoms with E-state index in [9.17, 15) is 4.79 Å². The van der Waals surface area contributed by atoms with E-state index >= 15 is 0 Å². The summed E-state index contributed by atoms with van der Waals surface area (Å²) in [5.74, 6) is -0.485. The normalized spacial score (nSPS) is 26.3. The number of carbonyl (C=O) groups excluding carboxylic acids is 1. The largest absolute Gasteiger partial charge is 0.343 e. The smallest absolute Gasteiger partial charge is 0.328 e. The molecule has 0 aromatic rings. The van der Waals surface area contributed by atoms with E-state index in [4.69, 9.17) is 5.73 Å². The van der Waals surface area contributed by atoms with Crippen molar-refractivity contribution in [1.82, 2.24) is 0 Å². The van der Waals surface area contributed by atoms with Gasteiger partial charge in [-0.15, -0.1) is 0 Å². The van der Waals surface area contributed by atoms with Crippen LogP contribution in [0.2, 0.25) is 0 Å². The number of hydrogen-bond donors (Lipinski definition) is 1. The lowest BCUT2D eigenvalue weighted by molar-refractivity contribution is -0.142. The molecule has 2 unspecified atom stereocenters. The van der Waals surface area contributed by atoms with E-state index in [1.807, 2.05) is 6.92 Å². The average molecular weight is 156 g/mol. The van der Waals surface area contributed by atoms with Crippen molar-refractivity contribution in [3.05, 3.63) is 0 Å². The molecule has 1 aliphatic rings. The number of carbonyl (C=O) groups is 1. The van der Waals surface area contributed by atoms with Gasteiger partial charge in [-0.1, -0.05) is 5.16 Å². The van der Waals surface area contributed by atoms with Crippen molar-refractivity contribution < 1.29 is 9.63 Å². The molecule has 0 aromatic carbocycles. The molecule has 1 heterocycles. The molecule has 0 radical (unpaired) electrons. The van der Waals surface area contributed by atoms with Crippen LogP contribution in [-0.2, 0) is 9.63 Å². The second-order valence-corrected chi connectivity index (χ2v) is 2.90. The van der Waals surface area contributed by atoms with Crippen molar-refractivity contribution in [2.75, 3.05) is 0 Å². The highest BCUT2D eigenvalue weighted by Crippen LogP contribution is 2.14. The molecule has 0 spiro atoms. The molecule has 0 aromatic heterocycles. The van der Waals surface area contributed by atoms with Crippen molar-refractivity contribution in [2.24, 2.45) is 16.8 Å². The molecule has 1 rings (SSSR count). The van der Waals surface area contributed by atoms with Crippen molar-refractivity contribution in [2.45, 2.75) is 26.3 Å². The van der Waals surface area contributed by atoms with Gasteiger partial charge in [0.25, 0.3) is 0 Å². The van der Waals surface area contributed by atoms with Crippen LogP contribution in [-0.4, -0.2) is 17.7 Å². The summed E-state index contributed by atoms with van der Waals surface area (Å²) in [5, 5.41) is 3.62. The van der Waals surface area contributed by atoms with Gasteiger partial charge in [0, 0.05) is 12.5 Å². The topological polar surface area (TPSA) is 64.7 Å². The van der Waals surface area contributed by atoms with Gasteiger partial charge in [-0.3, -0.25) is 0 Å². The fourth-order valence-electron chi connectivity index (χ4n) is 0.942. The summed E-state index contributed by atoms with van der Waals surface area (Å²) < 4.78 is 0. The Labute approximate surface area is 65.4 Å². The van der Waals surface area contributed by atoms with Crippen LogP contribution in [0.25, 0.3) is 0 Å². The molecule has 0 bridgehead atoms. The predicted molar refractivity (Wildman–Crippen MR) is 41.0 cm³/mol. The molecule has 4 heteroatoms. The van der Waals surface area contributed by atoms with E-state index < -0.39 is 0 Å². The zero-order valence-electron chi connectivity index (χ0n) is 6.70. The Kier molecular flexibility index (Phi) is 2.24. The number of hydrogen-bond acceptors (Lipinski definition) is 4. The molecule has 0 amide bonds. The van der Waals surface area contributed by atoms with Gasteiger partial charge < -0.3 is 10.6 Å². The lowest BCUT2D eigenvalue weighted by Crippen LogP contribution is -2.23. The zero-order valence-corrected chi connectivity index (χ0v) is 6.70. The molecule has 11 heavy (non-hydrogen) atoms. The molecule has 0 saturated heterocycles. The molecule has 1 aliphatic heterocycles. The first-order valence-electron chi connectivity index (χ1n) is 3.64. The maximum atomic E-state index is 10.8. The minimum atomic E-state index is -0.277. The molecule has 62 valence electrons. The lowest BCUT2D eigenvalue weighted by Gasteiger charge is -2.04. The van der Waals surface area contributed by atoms with Gasteiger partial charge in [0.2, 0.25) is 0 Å². The van der Waals surface area contributed by atoms with Crippen molar-refractivity contribution in [3.63, 3.8) is 0 Å². The third-order valence-electron chi connectivity index (χ3n) is 1.64. The Hall–Kier alpha value is -0.900. The highest BCUT2D eigenvalue weighted by molar-refractivity contribution is 6.04. The summed E-state index contributed by atoms with van der Waals surface area (Å²) in [7, 11) is 0. The van der Waals surface area contributed by atoms with Crippen LogP contribution in [0.5, 0.6) is 0 Å². The molecule has 0 fully saturated rings. The van der Waals surface area contributed by atoms with Gasteiger partial charge in [0.15, 0.2) is 0 Å². The summed E-state index contributed by atoms with van der Waals surface area (Å²) in [6.45, 7) is 3.65. The Morgan fingerprint density at radius 2 is 2.45 bits per heavy atom. The standard InChI is InChI=1S/C7H12N2O2/c1-4(8)3-6-5(2)7(10)11-9-6/h4-5H,3,8H2,1-2H3. The molecule has 2 atom stereocenters. The number of rotatable bonds is 2. The van der Waals surface area contributed by atoms with E-state index in [0.717, 1.165) is 5.71 Å². The second-order valence-electron chi connectivity index (χ2n) is 2.90. The van der Waals surface area contributed by atoms with Gasteiger partial charge in [-0.2, -0.15) is 0 Å². The van der Waals surface area contributed by atoms with E-state index in [0.29, 0.717) is 6.42 Å². The lowest BCUT2D eigenvalue weighted by atomic mass is 10.0. The molecular weight excluding hydrogens is 144 g/mol.